The Morgan fingerprint density at radius 3 is 2.79 bits per heavy atom. The summed E-state index contributed by atoms with van der Waals surface area (Å²) in [5, 5.41) is 0. The fraction of sp³-hybridized carbons (Fsp3) is 0.227. The van der Waals surface area contributed by atoms with Crippen molar-refractivity contribution in [1.82, 2.24) is 0 Å². The number of halogens is 2. The van der Waals surface area contributed by atoms with E-state index in [0.717, 1.165) is 11.3 Å². The lowest BCUT2D eigenvalue weighted by Crippen LogP contribution is -2.29. The van der Waals surface area contributed by atoms with E-state index in [9.17, 15) is 13.6 Å². The highest BCUT2D eigenvalue weighted by molar-refractivity contribution is 5.85. The van der Waals surface area contributed by atoms with E-state index >= 15 is 0 Å². The predicted octanol–water partition coefficient (Wildman–Crippen LogP) is 4.91. The molecule has 144 valence electrons. The zero-order valence-corrected chi connectivity index (χ0v) is 14.9. The van der Waals surface area contributed by atoms with E-state index in [1.807, 2.05) is 24.3 Å². The Labute approximate surface area is 160 Å². The molecule has 0 N–H and O–H groups in total. The van der Waals surface area contributed by atoms with Gasteiger partial charge < -0.3 is 13.9 Å². The van der Waals surface area contributed by atoms with Crippen LogP contribution in [0, 0.1) is 5.92 Å². The average molecular weight is 384 g/mol. The molecular formula is C22H18F2O4. The molecule has 0 saturated heterocycles. The summed E-state index contributed by atoms with van der Waals surface area (Å²) in [4.78, 5) is 12.8. The van der Waals surface area contributed by atoms with Gasteiger partial charge in [0.1, 0.15) is 23.0 Å². The van der Waals surface area contributed by atoms with E-state index in [-0.39, 0.29) is 30.5 Å². The van der Waals surface area contributed by atoms with Crippen LogP contribution in [0.4, 0.5) is 8.78 Å². The Bertz CT molecular complexity index is 966. The first kappa shape index (κ1) is 18.2. The molecule has 6 heteroatoms. The molecule has 1 aliphatic heterocycles. The van der Waals surface area contributed by atoms with Crippen LogP contribution in [0.2, 0.25) is 0 Å². The number of carbonyl (C=O) groups is 1. The van der Waals surface area contributed by atoms with Crippen LogP contribution in [0.25, 0.3) is 11.3 Å². The van der Waals surface area contributed by atoms with Crippen molar-refractivity contribution in [3.8, 4) is 22.8 Å². The molecule has 4 nitrogen and oxygen atoms in total. The van der Waals surface area contributed by atoms with E-state index in [1.165, 1.54) is 12.3 Å². The van der Waals surface area contributed by atoms with Gasteiger partial charge in [-0.1, -0.05) is 30.3 Å². The summed E-state index contributed by atoms with van der Waals surface area (Å²) < 4.78 is 41.4. The number of alkyl halides is 2. The van der Waals surface area contributed by atoms with Crippen LogP contribution in [0.3, 0.4) is 0 Å². The number of fused-ring (bicyclic) bond motifs is 1. The highest BCUT2D eigenvalue weighted by Gasteiger charge is 2.27. The van der Waals surface area contributed by atoms with Gasteiger partial charge in [0.25, 0.3) is 0 Å². The minimum atomic E-state index is -2.98. The molecule has 0 radical (unpaired) electrons. The zero-order chi connectivity index (χ0) is 19.5. The lowest BCUT2D eigenvalue weighted by Gasteiger charge is -2.24. The highest BCUT2D eigenvalue weighted by Crippen LogP contribution is 2.32. The molecule has 0 aliphatic carbocycles. The van der Waals surface area contributed by atoms with E-state index in [1.54, 1.807) is 24.3 Å². The first-order chi connectivity index (χ1) is 13.6. The number of para-hydroxylation sites is 1. The number of carbonyl (C=O) groups excluding carboxylic acids is 1. The van der Waals surface area contributed by atoms with Crippen LogP contribution in [-0.4, -0.2) is 19.0 Å². The summed E-state index contributed by atoms with van der Waals surface area (Å²) in [6.07, 6.45) is 2.07. The summed E-state index contributed by atoms with van der Waals surface area (Å²) in [6.45, 7) is -2.70. The fourth-order valence-electron chi connectivity index (χ4n) is 3.37. The Morgan fingerprint density at radius 1 is 1.14 bits per heavy atom. The molecule has 28 heavy (non-hydrogen) atoms. The molecule has 4 rings (SSSR count). The molecule has 0 spiro atoms. The average Bonchev–Trinajstić information content (AvgIpc) is 3.23. The summed E-state index contributed by atoms with van der Waals surface area (Å²) >= 11 is 0. The van der Waals surface area contributed by atoms with Gasteiger partial charge in [-0.3, -0.25) is 4.79 Å². The van der Waals surface area contributed by atoms with Gasteiger partial charge in [-0.25, -0.2) is 0 Å². The lowest BCUT2D eigenvalue weighted by atomic mass is 9.90. The number of Topliss-reactive ketones (excluding diaryl/α,β-unsaturated/α-hetero) is 1. The monoisotopic (exact) mass is 384 g/mol. The van der Waals surface area contributed by atoms with Crippen molar-refractivity contribution in [2.45, 2.75) is 19.5 Å². The summed E-state index contributed by atoms with van der Waals surface area (Å²) in [5.74, 6) is 0.915. The summed E-state index contributed by atoms with van der Waals surface area (Å²) in [5.41, 5.74) is 2.00. The second-order valence-corrected chi connectivity index (χ2v) is 6.64. The predicted molar refractivity (Wildman–Crippen MR) is 98.6 cm³/mol. The van der Waals surface area contributed by atoms with E-state index in [0.29, 0.717) is 23.3 Å². The first-order valence-corrected chi connectivity index (χ1v) is 8.95. The molecule has 1 unspecified atom stereocenters. The topological polar surface area (TPSA) is 48.7 Å². The lowest BCUT2D eigenvalue weighted by molar-refractivity contribution is -0.123. The molecular weight excluding hydrogens is 366 g/mol. The Morgan fingerprint density at radius 2 is 2.00 bits per heavy atom. The maximum Gasteiger partial charge on any atom is 0.387 e. The van der Waals surface area contributed by atoms with Gasteiger partial charge in [-0.15, -0.1) is 0 Å². The Kier molecular flexibility index (Phi) is 5.10. The quantitative estimate of drug-likeness (QED) is 0.606. The van der Waals surface area contributed by atoms with Crippen molar-refractivity contribution < 1.29 is 27.5 Å². The van der Waals surface area contributed by atoms with Gasteiger partial charge >= 0.3 is 6.61 Å². The third kappa shape index (κ3) is 3.91. The van der Waals surface area contributed by atoms with Gasteiger partial charge in [0.05, 0.1) is 18.8 Å². The summed E-state index contributed by atoms with van der Waals surface area (Å²) in [7, 11) is 0. The van der Waals surface area contributed by atoms with E-state index in [4.69, 9.17) is 9.15 Å². The zero-order valence-electron chi connectivity index (χ0n) is 14.9. The normalized spacial score (nSPS) is 15.8. The van der Waals surface area contributed by atoms with Crippen LogP contribution >= 0.6 is 0 Å². The SMILES string of the molecule is O=C(Cc1ccc(-c2ccco2)cc1OC(F)F)C1COc2ccccc2C1. The fourth-order valence-corrected chi connectivity index (χ4v) is 3.37. The van der Waals surface area contributed by atoms with E-state index in [2.05, 4.69) is 4.74 Å². The number of rotatable bonds is 6. The van der Waals surface area contributed by atoms with Gasteiger partial charge in [0.15, 0.2) is 0 Å². The first-order valence-electron chi connectivity index (χ1n) is 8.95. The van der Waals surface area contributed by atoms with Crippen LogP contribution in [0.5, 0.6) is 11.5 Å². The largest absolute Gasteiger partial charge is 0.493 e. The van der Waals surface area contributed by atoms with Crippen LogP contribution < -0.4 is 9.47 Å². The number of furan rings is 1. The number of hydrogen-bond donors (Lipinski definition) is 0. The van der Waals surface area contributed by atoms with Gasteiger partial charge in [0, 0.05) is 17.5 Å². The smallest absolute Gasteiger partial charge is 0.387 e. The van der Waals surface area contributed by atoms with Crippen molar-refractivity contribution in [2.24, 2.45) is 5.92 Å². The van der Waals surface area contributed by atoms with Gasteiger partial charge in [0.2, 0.25) is 0 Å². The van der Waals surface area contributed by atoms with Crippen molar-refractivity contribution >= 4 is 5.78 Å². The molecule has 3 aromatic rings. The molecule has 0 saturated carbocycles. The third-order valence-electron chi connectivity index (χ3n) is 4.79. The number of ether oxygens (including phenoxy) is 2. The summed E-state index contributed by atoms with van der Waals surface area (Å²) in [6, 6.07) is 15.9. The molecule has 1 atom stereocenters. The van der Waals surface area contributed by atoms with Crippen molar-refractivity contribution in [2.75, 3.05) is 6.61 Å². The van der Waals surface area contributed by atoms with Crippen LogP contribution in [0.1, 0.15) is 11.1 Å². The van der Waals surface area contributed by atoms with Crippen LogP contribution in [-0.2, 0) is 17.6 Å². The maximum atomic E-state index is 12.9. The van der Waals surface area contributed by atoms with Crippen molar-refractivity contribution in [3.63, 3.8) is 0 Å². The molecule has 2 heterocycles. The standard InChI is InChI=1S/C22H18F2O4/c23-22(24)28-21-12-16(19-6-3-9-26-19)8-7-15(21)11-18(25)17-10-14-4-1-2-5-20(14)27-13-17/h1-9,12,17,22H,10-11,13H2. The van der Waals surface area contributed by atoms with Gasteiger partial charge in [-0.05, 0) is 36.2 Å². The molecule has 1 aliphatic rings. The second kappa shape index (κ2) is 7.84. The molecule has 0 amide bonds. The minimum absolute atomic E-state index is 0.00329. The molecule has 1 aromatic heterocycles. The highest BCUT2D eigenvalue weighted by atomic mass is 19.3. The minimum Gasteiger partial charge on any atom is -0.493 e. The van der Waals surface area contributed by atoms with Crippen LogP contribution in [0.15, 0.2) is 65.3 Å². The Balaban J connectivity index is 1.54. The molecule has 0 bridgehead atoms. The molecule has 2 aromatic carbocycles. The maximum absolute atomic E-state index is 12.9. The van der Waals surface area contributed by atoms with E-state index < -0.39 is 6.61 Å². The van der Waals surface area contributed by atoms with Crippen molar-refractivity contribution in [1.29, 1.82) is 0 Å². The third-order valence-corrected chi connectivity index (χ3v) is 4.79. The number of hydrogen-bond acceptors (Lipinski definition) is 4. The Hall–Kier alpha value is -3.15. The van der Waals surface area contributed by atoms with Crippen molar-refractivity contribution in [3.05, 3.63) is 72.0 Å². The molecule has 0 fully saturated rings. The second-order valence-electron chi connectivity index (χ2n) is 6.64. The number of ketones is 1. The van der Waals surface area contributed by atoms with Gasteiger partial charge in [-0.2, -0.15) is 8.78 Å². The number of benzene rings is 2.